The van der Waals surface area contributed by atoms with Gasteiger partial charge in [0.2, 0.25) is 0 Å². The lowest BCUT2D eigenvalue weighted by Gasteiger charge is -2.25. The Labute approximate surface area is 282 Å². The third kappa shape index (κ3) is 7.37. The number of benzene rings is 3. The van der Waals surface area contributed by atoms with Crippen molar-refractivity contribution in [3.05, 3.63) is 132 Å². The van der Waals surface area contributed by atoms with Crippen molar-refractivity contribution in [1.29, 1.82) is 0 Å². The van der Waals surface area contributed by atoms with E-state index in [4.69, 9.17) is 35.5 Å². The summed E-state index contributed by atoms with van der Waals surface area (Å²) in [4.78, 5) is 32.8. The van der Waals surface area contributed by atoms with E-state index in [9.17, 15) is 9.59 Å². The molecule has 47 heavy (non-hydrogen) atoms. The molecule has 0 bridgehead atoms. The molecule has 0 N–H and O–H groups in total. The number of thiazole rings is 1. The number of carbonyl (C=O) groups is 1. The lowest BCUT2D eigenvalue weighted by atomic mass is 9.96. The van der Waals surface area contributed by atoms with Crippen molar-refractivity contribution in [2.75, 3.05) is 13.7 Å². The number of fused-ring (bicyclic) bond motifs is 1. The van der Waals surface area contributed by atoms with Crippen molar-refractivity contribution in [2.45, 2.75) is 52.9 Å². The highest BCUT2D eigenvalue weighted by atomic mass is 35.5. The molecule has 0 unspecified atom stereocenters. The minimum Gasteiger partial charge on any atom is -0.497 e. The number of nitrogens with zero attached hydrogens (tertiary/aromatic N) is 2. The molecule has 1 aliphatic heterocycles. The van der Waals surface area contributed by atoms with Gasteiger partial charge in [-0.3, -0.25) is 9.36 Å². The summed E-state index contributed by atoms with van der Waals surface area (Å²) in [5.74, 6) is 1.28. The molecule has 3 aromatic carbocycles. The summed E-state index contributed by atoms with van der Waals surface area (Å²) in [5.41, 5.74) is 3.71. The summed E-state index contributed by atoms with van der Waals surface area (Å²) in [6.45, 7) is 11.8. The Morgan fingerprint density at radius 2 is 1.85 bits per heavy atom. The van der Waals surface area contributed by atoms with Crippen molar-refractivity contribution in [1.82, 2.24) is 4.57 Å². The van der Waals surface area contributed by atoms with Crippen molar-refractivity contribution in [2.24, 2.45) is 4.99 Å². The predicted octanol–water partition coefficient (Wildman–Crippen LogP) is 6.56. The van der Waals surface area contributed by atoms with Crippen LogP contribution in [0.3, 0.4) is 0 Å². The molecule has 2 heterocycles. The lowest BCUT2D eigenvalue weighted by Crippen LogP contribution is -2.40. The first-order valence-corrected chi connectivity index (χ1v) is 16.5. The van der Waals surface area contributed by atoms with Crippen molar-refractivity contribution >= 4 is 35.0 Å². The van der Waals surface area contributed by atoms with Crippen LogP contribution in [0.25, 0.3) is 6.08 Å². The maximum absolute atomic E-state index is 14.2. The highest BCUT2D eigenvalue weighted by Crippen LogP contribution is 2.36. The molecule has 1 aromatic heterocycles. The van der Waals surface area contributed by atoms with Crippen molar-refractivity contribution < 1.29 is 23.7 Å². The van der Waals surface area contributed by atoms with Crippen LogP contribution in [-0.2, 0) is 22.6 Å². The third-order valence-electron chi connectivity index (χ3n) is 7.46. The van der Waals surface area contributed by atoms with Gasteiger partial charge in [0, 0.05) is 16.1 Å². The number of methoxy groups -OCH3 is 1. The van der Waals surface area contributed by atoms with Crippen LogP contribution < -0.4 is 29.1 Å². The van der Waals surface area contributed by atoms with Gasteiger partial charge in [-0.05, 0) is 81.7 Å². The fourth-order valence-electron chi connectivity index (χ4n) is 5.38. The van der Waals surface area contributed by atoms with Crippen LogP contribution in [0.5, 0.6) is 17.2 Å². The maximum atomic E-state index is 14.2. The van der Waals surface area contributed by atoms with Crippen molar-refractivity contribution in [3.8, 4) is 17.2 Å². The smallest absolute Gasteiger partial charge is 0.338 e. The number of hydrogen-bond donors (Lipinski definition) is 0. The van der Waals surface area contributed by atoms with Gasteiger partial charge in [0.25, 0.3) is 5.56 Å². The second-order valence-electron chi connectivity index (χ2n) is 11.1. The van der Waals surface area contributed by atoms with E-state index in [0.29, 0.717) is 55.9 Å². The lowest BCUT2D eigenvalue weighted by molar-refractivity contribution is -0.143. The van der Waals surface area contributed by atoms with Gasteiger partial charge in [0.05, 0.1) is 41.7 Å². The zero-order valence-electron chi connectivity index (χ0n) is 27.0. The number of carbonyl (C=O) groups excluding carboxylic acids is 1. The summed E-state index contributed by atoms with van der Waals surface area (Å²) in [5, 5.41) is 0.617. The van der Waals surface area contributed by atoms with E-state index < -0.39 is 12.0 Å². The molecule has 0 aliphatic carbocycles. The van der Waals surface area contributed by atoms with Crippen LogP contribution in [0, 0.1) is 0 Å². The molecule has 1 atom stereocenters. The summed E-state index contributed by atoms with van der Waals surface area (Å²) in [6, 6.07) is 17.9. The fraction of sp³-hybridized carbons (Fsp3) is 0.270. The van der Waals surface area contributed by atoms with E-state index in [-0.39, 0.29) is 18.3 Å². The summed E-state index contributed by atoms with van der Waals surface area (Å²) in [7, 11) is 1.59. The van der Waals surface area contributed by atoms with E-state index in [1.807, 2.05) is 61.5 Å². The standard InChI is InChI=1S/C37H37ClN2O6S/c1-7-11-26-18-24(19-30(44-8-2)34(26)45-21-27-12-9-10-13-29(27)38)20-31-35(41)40-33(25-14-16-28(43-6)17-15-25)32(36(42)46-22(3)4)23(5)39-37(40)47-31/h7,9-10,12-20,22,33H,1,8,11,21H2,2-6H3/b31-20+/t33-/m0/s1. The van der Waals surface area contributed by atoms with Gasteiger partial charge >= 0.3 is 5.97 Å². The number of aromatic nitrogens is 1. The molecule has 0 saturated carbocycles. The average Bonchev–Trinajstić information content (AvgIpc) is 3.34. The number of allylic oxidation sites excluding steroid dienone is 2. The van der Waals surface area contributed by atoms with Crippen LogP contribution in [0.1, 0.15) is 56.0 Å². The third-order valence-corrected chi connectivity index (χ3v) is 8.81. The maximum Gasteiger partial charge on any atom is 0.338 e. The minimum atomic E-state index is -0.735. The summed E-state index contributed by atoms with van der Waals surface area (Å²) < 4.78 is 25.3. The molecule has 0 radical (unpaired) electrons. The highest BCUT2D eigenvalue weighted by molar-refractivity contribution is 7.07. The fourth-order valence-corrected chi connectivity index (χ4v) is 6.62. The predicted molar refractivity (Wildman–Crippen MR) is 185 cm³/mol. The van der Waals surface area contributed by atoms with Crippen LogP contribution in [0.4, 0.5) is 0 Å². The zero-order chi connectivity index (χ0) is 33.7. The molecular weight excluding hydrogens is 636 g/mol. The second-order valence-corrected chi connectivity index (χ2v) is 12.5. The van der Waals surface area contributed by atoms with Gasteiger partial charge in [-0.15, -0.1) is 6.58 Å². The topological polar surface area (TPSA) is 88.4 Å². The highest BCUT2D eigenvalue weighted by Gasteiger charge is 2.34. The van der Waals surface area contributed by atoms with E-state index in [1.54, 1.807) is 50.7 Å². The SMILES string of the molecule is C=CCc1cc(/C=c2/sc3n(c2=O)[C@@H](c2ccc(OC)cc2)C(C(=O)OC(C)C)=C(C)N=3)cc(OCC)c1OCc1ccccc1Cl. The Morgan fingerprint density at radius 3 is 2.51 bits per heavy atom. The molecule has 0 saturated heterocycles. The van der Waals surface area contributed by atoms with Gasteiger partial charge in [-0.25, -0.2) is 9.79 Å². The van der Waals surface area contributed by atoms with Crippen LogP contribution in [0.2, 0.25) is 5.02 Å². The Bertz CT molecular complexity index is 2010. The Hall–Kier alpha value is -4.60. The molecule has 244 valence electrons. The Morgan fingerprint density at radius 1 is 1.11 bits per heavy atom. The van der Waals surface area contributed by atoms with Crippen LogP contribution in [-0.4, -0.2) is 30.4 Å². The van der Waals surface area contributed by atoms with E-state index >= 15 is 0 Å². The normalized spacial score (nSPS) is 14.4. The first-order valence-electron chi connectivity index (χ1n) is 15.3. The van der Waals surface area contributed by atoms with E-state index in [1.165, 1.54) is 11.3 Å². The molecule has 10 heteroatoms. The molecule has 0 amide bonds. The summed E-state index contributed by atoms with van der Waals surface area (Å²) >= 11 is 7.64. The average molecular weight is 673 g/mol. The van der Waals surface area contributed by atoms with Gasteiger partial charge in [0.1, 0.15) is 12.4 Å². The minimum absolute atomic E-state index is 0.258. The quantitative estimate of drug-likeness (QED) is 0.125. The van der Waals surface area contributed by atoms with Crippen molar-refractivity contribution in [3.63, 3.8) is 0 Å². The monoisotopic (exact) mass is 672 g/mol. The van der Waals surface area contributed by atoms with Crippen LogP contribution >= 0.6 is 22.9 Å². The number of ether oxygens (including phenoxy) is 4. The molecule has 4 aromatic rings. The largest absolute Gasteiger partial charge is 0.497 e. The van der Waals surface area contributed by atoms with Gasteiger partial charge in [0.15, 0.2) is 16.3 Å². The van der Waals surface area contributed by atoms with Crippen LogP contribution in [0.15, 0.2) is 94.4 Å². The molecule has 5 rings (SSSR count). The number of esters is 1. The number of hydrogen-bond acceptors (Lipinski definition) is 8. The summed E-state index contributed by atoms with van der Waals surface area (Å²) in [6.07, 6.45) is 3.77. The molecule has 0 spiro atoms. The van der Waals surface area contributed by atoms with Gasteiger partial charge in [-0.2, -0.15) is 0 Å². The Balaban J connectivity index is 1.63. The van der Waals surface area contributed by atoms with E-state index in [0.717, 1.165) is 22.3 Å². The molecule has 0 fully saturated rings. The first kappa shape index (κ1) is 33.8. The van der Waals surface area contributed by atoms with Gasteiger partial charge in [-0.1, -0.05) is 59.3 Å². The van der Waals surface area contributed by atoms with E-state index in [2.05, 4.69) is 6.58 Å². The van der Waals surface area contributed by atoms with Gasteiger partial charge < -0.3 is 18.9 Å². The number of rotatable bonds is 12. The molecular formula is C37H37ClN2O6S. The molecule has 1 aliphatic rings. The zero-order valence-corrected chi connectivity index (χ0v) is 28.6. The number of halogens is 1. The Kier molecular flexibility index (Phi) is 10.7. The second kappa shape index (κ2) is 14.9. The first-order chi connectivity index (χ1) is 22.6. The molecule has 8 nitrogen and oxygen atoms in total.